The number of amides is 1. The summed E-state index contributed by atoms with van der Waals surface area (Å²) in [6.45, 7) is 2.30. The number of halogens is 5. The molecular formula is C24H20Cl2F3N4O2+. The van der Waals surface area contributed by atoms with E-state index in [1.54, 1.807) is 4.90 Å². The molecule has 1 aliphatic rings. The molecule has 0 saturated carbocycles. The van der Waals surface area contributed by atoms with Crippen molar-refractivity contribution in [2.75, 3.05) is 13.1 Å². The number of nitrogens with zero attached hydrogens (tertiary/aromatic N) is 3. The van der Waals surface area contributed by atoms with Crippen LogP contribution in [0.25, 0.3) is 11.0 Å². The van der Waals surface area contributed by atoms with E-state index in [0.717, 1.165) is 6.07 Å². The molecule has 1 N–H and O–H groups in total. The van der Waals surface area contributed by atoms with Gasteiger partial charge in [0.25, 0.3) is 11.6 Å². The molecule has 11 heteroatoms. The van der Waals surface area contributed by atoms with Crippen molar-refractivity contribution in [2.24, 2.45) is 13.0 Å². The van der Waals surface area contributed by atoms with Gasteiger partial charge in [0, 0.05) is 25.1 Å². The fourth-order valence-corrected chi connectivity index (χ4v) is 4.94. The second-order valence-electron chi connectivity index (χ2n) is 8.52. The van der Waals surface area contributed by atoms with Crippen LogP contribution < -0.4 is 4.98 Å². The van der Waals surface area contributed by atoms with Crippen LogP contribution >= 0.6 is 23.2 Å². The van der Waals surface area contributed by atoms with Crippen molar-refractivity contribution in [3.63, 3.8) is 0 Å². The number of aromatic nitrogens is 2. The Morgan fingerprint density at radius 3 is 2.43 bits per heavy atom. The first kappa shape index (κ1) is 25.0. The van der Waals surface area contributed by atoms with Crippen LogP contribution in [0, 0.1) is 24.2 Å². The van der Waals surface area contributed by atoms with E-state index in [2.05, 4.69) is 11.1 Å². The van der Waals surface area contributed by atoms with E-state index >= 15 is 0 Å². The Morgan fingerprint density at radius 1 is 1.17 bits per heavy atom. The Kier molecular flexibility index (Phi) is 6.56. The summed E-state index contributed by atoms with van der Waals surface area (Å²) in [5.74, 6) is -1.12. The smallest absolute Gasteiger partial charge is 0.339 e. The van der Waals surface area contributed by atoms with Gasteiger partial charge in [0.2, 0.25) is 11.5 Å². The van der Waals surface area contributed by atoms with Gasteiger partial charge in [-0.2, -0.15) is 18.4 Å². The molecular weight excluding hydrogens is 504 g/mol. The lowest BCUT2D eigenvalue weighted by atomic mass is 9.97. The Labute approximate surface area is 208 Å². The van der Waals surface area contributed by atoms with E-state index in [4.69, 9.17) is 28.5 Å². The lowest BCUT2D eigenvalue weighted by Gasteiger charge is -2.29. The number of aromatic amines is 1. The van der Waals surface area contributed by atoms with Crippen molar-refractivity contribution in [2.45, 2.75) is 25.9 Å². The highest BCUT2D eigenvalue weighted by molar-refractivity contribution is 6.42. The van der Waals surface area contributed by atoms with E-state index in [0.29, 0.717) is 36.9 Å². The Hall–Kier alpha value is -3.09. The van der Waals surface area contributed by atoms with Crippen LogP contribution in [-0.4, -0.2) is 34.2 Å². The number of alkyl halides is 3. The number of hydrogen-bond donors (Lipinski definition) is 0. The zero-order valence-corrected chi connectivity index (χ0v) is 20.3. The molecule has 0 atom stereocenters. The maximum absolute atomic E-state index is 13.5. The van der Waals surface area contributed by atoms with Crippen molar-refractivity contribution in [1.82, 2.24) is 9.47 Å². The summed E-state index contributed by atoms with van der Waals surface area (Å²) in [5.41, 5.74) is -0.446. The van der Waals surface area contributed by atoms with Crippen LogP contribution in [0.1, 0.15) is 50.5 Å². The topological polar surface area (TPSA) is 80.2 Å². The molecule has 0 bridgehead atoms. The fourth-order valence-electron chi connectivity index (χ4n) is 4.32. The molecule has 0 aliphatic carbocycles. The summed E-state index contributed by atoms with van der Waals surface area (Å²) in [4.78, 5) is 30.6. The molecule has 1 aromatic carbocycles. The largest absolute Gasteiger partial charge is 0.453 e. The molecule has 1 saturated heterocycles. The van der Waals surface area contributed by atoms with E-state index in [9.17, 15) is 22.8 Å². The van der Waals surface area contributed by atoms with Gasteiger partial charge >= 0.3 is 6.18 Å². The van der Waals surface area contributed by atoms with Crippen molar-refractivity contribution >= 4 is 45.9 Å². The summed E-state index contributed by atoms with van der Waals surface area (Å²) in [7, 11) is 1.46. The van der Waals surface area contributed by atoms with E-state index < -0.39 is 17.7 Å². The molecule has 1 aliphatic heterocycles. The average molecular weight is 524 g/mol. The normalized spacial score (nSPS) is 14.9. The number of carbonyl (C=O) groups is 2. The van der Waals surface area contributed by atoms with Crippen LogP contribution in [0.5, 0.6) is 0 Å². The minimum atomic E-state index is -4.59. The molecule has 3 heterocycles. The zero-order valence-electron chi connectivity index (χ0n) is 18.8. The maximum Gasteiger partial charge on any atom is 0.453 e. The van der Waals surface area contributed by atoms with E-state index in [1.807, 2.05) is 0 Å². The number of likely N-dealkylation sites (tertiary alicyclic amines) is 1. The number of piperidine rings is 1. The highest BCUT2D eigenvalue weighted by Crippen LogP contribution is 2.34. The molecule has 2 aromatic heterocycles. The third-order valence-corrected chi connectivity index (χ3v) is 7.03. The molecule has 0 spiro atoms. The molecule has 0 unspecified atom stereocenters. The maximum atomic E-state index is 13.5. The molecule has 4 rings (SSSR count). The number of ketones is 1. The lowest BCUT2D eigenvalue weighted by molar-refractivity contribution is -0.402. The number of fused-ring (bicyclic) bond motifs is 1. The Balaban J connectivity index is 1.75. The van der Waals surface area contributed by atoms with Gasteiger partial charge in [-0.3, -0.25) is 9.59 Å². The van der Waals surface area contributed by atoms with Crippen molar-refractivity contribution in [3.8, 4) is 6.07 Å². The zero-order chi connectivity index (χ0) is 25.7. The SMILES string of the molecule is Cc1cc(C(F)(F)F)[nH+]c2c1cc(C(=O)c1c(Cl)ccc(C(=O)N3CCC(C#N)CC3)c1Cl)n2C. The number of rotatable bonds is 3. The number of nitriles is 1. The fraction of sp³-hybridized carbons (Fsp3) is 0.333. The number of nitrogens with one attached hydrogen (secondary N) is 1. The van der Waals surface area contributed by atoms with Crippen LogP contribution in [0.4, 0.5) is 13.2 Å². The van der Waals surface area contributed by atoms with Gasteiger partial charge < -0.3 is 4.90 Å². The second-order valence-corrected chi connectivity index (χ2v) is 9.31. The highest BCUT2D eigenvalue weighted by atomic mass is 35.5. The molecule has 35 heavy (non-hydrogen) atoms. The van der Waals surface area contributed by atoms with Gasteiger partial charge in [0.15, 0.2) is 5.69 Å². The van der Waals surface area contributed by atoms with E-state index in [1.165, 1.54) is 36.7 Å². The quantitative estimate of drug-likeness (QED) is 0.440. The number of aryl methyl sites for hydroxylation is 2. The standard InChI is InChI=1S/C24H19Cl2F3N4O2/c1-12-9-18(24(27,28)29)31-22-15(12)10-17(32(22)2)21(34)19-16(25)4-3-14(20(19)26)23(35)33-7-5-13(11-30)6-8-33/h3-4,9-10,13H,5-8H2,1-2H3/p+1. The highest BCUT2D eigenvalue weighted by Gasteiger charge is 2.37. The number of benzene rings is 1. The number of carbonyl (C=O) groups excluding carboxylic acids is 2. The first-order chi connectivity index (χ1) is 16.4. The van der Waals surface area contributed by atoms with Crippen LogP contribution in [0.15, 0.2) is 24.3 Å². The second kappa shape index (κ2) is 9.17. The molecule has 0 radical (unpaired) electrons. The molecule has 1 fully saturated rings. The van der Waals surface area contributed by atoms with Gasteiger partial charge in [0.05, 0.1) is 39.7 Å². The van der Waals surface area contributed by atoms with Crippen LogP contribution in [0.2, 0.25) is 10.0 Å². The first-order valence-electron chi connectivity index (χ1n) is 10.7. The summed E-state index contributed by atoms with van der Waals surface area (Å²) in [5, 5.41) is 9.40. The summed E-state index contributed by atoms with van der Waals surface area (Å²) in [6.07, 6.45) is -3.49. The minimum absolute atomic E-state index is 0.0154. The molecule has 182 valence electrons. The van der Waals surface area contributed by atoms with Gasteiger partial charge in [0.1, 0.15) is 0 Å². The van der Waals surface area contributed by atoms with Crippen LogP contribution in [-0.2, 0) is 13.2 Å². The van der Waals surface area contributed by atoms with Gasteiger partial charge in [-0.1, -0.05) is 23.2 Å². The average Bonchev–Trinajstić information content (AvgIpc) is 3.15. The van der Waals surface area contributed by atoms with Gasteiger partial charge in [-0.25, -0.2) is 9.55 Å². The minimum Gasteiger partial charge on any atom is -0.339 e. The predicted molar refractivity (Wildman–Crippen MR) is 123 cm³/mol. The number of pyridine rings is 1. The summed E-state index contributed by atoms with van der Waals surface area (Å²) < 4.78 is 41.2. The number of hydrogen-bond acceptors (Lipinski definition) is 3. The van der Waals surface area contributed by atoms with E-state index in [-0.39, 0.29) is 44.3 Å². The first-order valence-corrected chi connectivity index (χ1v) is 11.5. The van der Waals surface area contributed by atoms with Crippen molar-refractivity contribution in [1.29, 1.82) is 5.26 Å². The molecule has 6 nitrogen and oxygen atoms in total. The molecule has 3 aromatic rings. The number of H-pyrrole nitrogens is 1. The third kappa shape index (κ3) is 4.48. The monoisotopic (exact) mass is 523 g/mol. The van der Waals surface area contributed by atoms with Crippen LogP contribution in [0.3, 0.4) is 0 Å². The van der Waals surface area contributed by atoms with Crippen molar-refractivity contribution in [3.05, 3.63) is 62.4 Å². The summed E-state index contributed by atoms with van der Waals surface area (Å²) in [6, 6.07) is 7.49. The Bertz CT molecular complexity index is 1400. The van der Waals surface area contributed by atoms with Gasteiger partial charge in [-0.05, 0) is 43.5 Å². The predicted octanol–water partition coefficient (Wildman–Crippen LogP) is 5.23. The summed E-state index contributed by atoms with van der Waals surface area (Å²) >= 11 is 12.8. The van der Waals surface area contributed by atoms with Gasteiger partial charge in [-0.15, -0.1) is 0 Å². The third-order valence-electron chi connectivity index (χ3n) is 6.32. The molecule has 1 amide bonds. The van der Waals surface area contributed by atoms with Crippen molar-refractivity contribution < 1.29 is 27.7 Å². The Morgan fingerprint density at radius 2 is 1.83 bits per heavy atom. The lowest BCUT2D eigenvalue weighted by Crippen LogP contribution is -2.38.